The Labute approximate surface area is 110 Å². The summed E-state index contributed by atoms with van der Waals surface area (Å²) in [5, 5.41) is 11.8. The Morgan fingerprint density at radius 2 is 2.17 bits per heavy atom. The van der Waals surface area contributed by atoms with Crippen molar-refractivity contribution in [3.63, 3.8) is 0 Å². The summed E-state index contributed by atoms with van der Waals surface area (Å²) in [6.07, 6.45) is -0.0726. The minimum atomic E-state index is -0.927. The van der Waals surface area contributed by atoms with Crippen LogP contribution >= 0.6 is 11.6 Å². The Kier molecular flexibility index (Phi) is 5.45. The maximum absolute atomic E-state index is 11.8. The van der Waals surface area contributed by atoms with Gasteiger partial charge in [0, 0.05) is 23.8 Å². The van der Waals surface area contributed by atoms with Gasteiger partial charge >= 0.3 is 12.0 Å². The van der Waals surface area contributed by atoms with E-state index >= 15 is 0 Å². The second kappa shape index (κ2) is 6.86. The molecule has 98 valence electrons. The highest BCUT2D eigenvalue weighted by Gasteiger charge is 2.12. The van der Waals surface area contributed by atoms with E-state index in [2.05, 4.69) is 5.32 Å². The van der Waals surface area contributed by atoms with Crippen LogP contribution in [0, 0.1) is 0 Å². The van der Waals surface area contributed by atoms with Crippen LogP contribution in [0.3, 0.4) is 0 Å². The Hall–Kier alpha value is -1.75. The zero-order valence-corrected chi connectivity index (χ0v) is 10.8. The van der Waals surface area contributed by atoms with Gasteiger partial charge in [-0.15, -0.1) is 0 Å². The molecule has 0 aliphatic heterocycles. The molecular formula is C12H15ClN2O3. The summed E-state index contributed by atoms with van der Waals surface area (Å²) < 4.78 is 0. The monoisotopic (exact) mass is 270 g/mol. The van der Waals surface area contributed by atoms with Crippen LogP contribution in [0.1, 0.15) is 13.3 Å². The second-order valence-electron chi connectivity index (χ2n) is 3.66. The van der Waals surface area contributed by atoms with Crippen molar-refractivity contribution >= 4 is 29.3 Å². The van der Waals surface area contributed by atoms with Gasteiger partial charge in [-0.25, -0.2) is 4.79 Å². The minimum absolute atomic E-state index is 0.0726. The number of rotatable bonds is 5. The first kappa shape index (κ1) is 14.3. The van der Waals surface area contributed by atoms with E-state index in [0.29, 0.717) is 17.3 Å². The highest BCUT2D eigenvalue weighted by molar-refractivity contribution is 6.30. The van der Waals surface area contributed by atoms with Crippen molar-refractivity contribution in [2.24, 2.45) is 0 Å². The van der Waals surface area contributed by atoms with Gasteiger partial charge in [0.25, 0.3) is 0 Å². The van der Waals surface area contributed by atoms with Crippen molar-refractivity contribution in [2.75, 3.05) is 18.4 Å². The van der Waals surface area contributed by atoms with Crippen molar-refractivity contribution in [1.82, 2.24) is 4.90 Å². The maximum Gasteiger partial charge on any atom is 0.321 e. The summed E-state index contributed by atoms with van der Waals surface area (Å²) in [5.74, 6) is -0.927. The maximum atomic E-state index is 11.8. The largest absolute Gasteiger partial charge is 0.481 e. The fourth-order valence-corrected chi connectivity index (χ4v) is 1.59. The van der Waals surface area contributed by atoms with Gasteiger partial charge < -0.3 is 15.3 Å². The lowest BCUT2D eigenvalue weighted by atomic mass is 10.3. The first-order chi connectivity index (χ1) is 8.52. The van der Waals surface area contributed by atoms with E-state index in [9.17, 15) is 9.59 Å². The van der Waals surface area contributed by atoms with Gasteiger partial charge in [-0.1, -0.05) is 17.7 Å². The van der Waals surface area contributed by atoms with E-state index in [1.54, 1.807) is 31.2 Å². The quantitative estimate of drug-likeness (QED) is 0.864. The minimum Gasteiger partial charge on any atom is -0.481 e. The lowest BCUT2D eigenvalue weighted by Gasteiger charge is -2.20. The number of aliphatic carboxylic acids is 1. The number of benzene rings is 1. The molecule has 0 bridgehead atoms. The summed E-state index contributed by atoms with van der Waals surface area (Å²) in [7, 11) is 0. The summed E-state index contributed by atoms with van der Waals surface area (Å²) in [6.45, 7) is 2.41. The Morgan fingerprint density at radius 1 is 1.44 bits per heavy atom. The number of hydrogen-bond acceptors (Lipinski definition) is 2. The summed E-state index contributed by atoms with van der Waals surface area (Å²) in [4.78, 5) is 23.7. The zero-order valence-electron chi connectivity index (χ0n) is 10.0. The lowest BCUT2D eigenvalue weighted by molar-refractivity contribution is -0.137. The average molecular weight is 271 g/mol. The topological polar surface area (TPSA) is 69.6 Å². The molecule has 5 nitrogen and oxygen atoms in total. The number of hydrogen-bond donors (Lipinski definition) is 2. The number of halogens is 1. The smallest absolute Gasteiger partial charge is 0.321 e. The fraction of sp³-hybridized carbons (Fsp3) is 0.333. The van der Waals surface area contributed by atoms with Gasteiger partial charge in [-0.2, -0.15) is 0 Å². The van der Waals surface area contributed by atoms with Crippen molar-refractivity contribution < 1.29 is 14.7 Å². The number of carbonyl (C=O) groups is 2. The predicted molar refractivity (Wildman–Crippen MR) is 70.0 cm³/mol. The highest BCUT2D eigenvalue weighted by Crippen LogP contribution is 2.15. The zero-order chi connectivity index (χ0) is 13.5. The number of carbonyl (C=O) groups excluding carboxylic acids is 1. The van der Waals surface area contributed by atoms with Crippen LogP contribution in [0.2, 0.25) is 5.02 Å². The number of nitrogens with zero attached hydrogens (tertiary/aromatic N) is 1. The molecule has 0 aliphatic carbocycles. The molecule has 1 aromatic rings. The molecule has 0 heterocycles. The van der Waals surface area contributed by atoms with E-state index in [1.807, 2.05) is 0 Å². The van der Waals surface area contributed by atoms with Crippen LogP contribution in [0.4, 0.5) is 10.5 Å². The van der Waals surface area contributed by atoms with Crippen LogP contribution in [-0.4, -0.2) is 35.1 Å². The molecule has 1 rings (SSSR count). The van der Waals surface area contributed by atoms with E-state index < -0.39 is 5.97 Å². The SMILES string of the molecule is CCN(CCC(=O)O)C(=O)Nc1cccc(Cl)c1. The molecule has 0 aromatic heterocycles. The van der Waals surface area contributed by atoms with Crippen molar-refractivity contribution in [3.8, 4) is 0 Å². The molecule has 0 saturated carbocycles. The average Bonchev–Trinajstić information content (AvgIpc) is 2.29. The second-order valence-corrected chi connectivity index (χ2v) is 4.10. The van der Waals surface area contributed by atoms with Crippen molar-refractivity contribution in [1.29, 1.82) is 0 Å². The number of carboxylic acid groups (broad SMARTS) is 1. The van der Waals surface area contributed by atoms with Crippen LogP contribution in [0.5, 0.6) is 0 Å². The summed E-state index contributed by atoms with van der Waals surface area (Å²) in [6, 6.07) is 6.45. The number of anilines is 1. The fourth-order valence-electron chi connectivity index (χ4n) is 1.40. The molecule has 0 spiro atoms. The predicted octanol–water partition coefficient (Wildman–Crippen LogP) is 2.67. The third kappa shape index (κ3) is 4.63. The lowest BCUT2D eigenvalue weighted by Crippen LogP contribution is -2.36. The summed E-state index contributed by atoms with van der Waals surface area (Å²) in [5.41, 5.74) is 0.585. The number of nitrogens with one attached hydrogen (secondary N) is 1. The van der Waals surface area contributed by atoms with Crippen LogP contribution < -0.4 is 5.32 Å². The first-order valence-electron chi connectivity index (χ1n) is 5.56. The number of urea groups is 1. The highest BCUT2D eigenvalue weighted by atomic mass is 35.5. The molecule has 0 unspecified atom stereocenters. The van der Waals surface area contributed by atoms with E-state index in [0.717, 1.165) is 0 Å². The molecule has 0 radical (unpaired) electrons. The normalized spacial score (nSPS) is 9.89. The Morgan fingerprint density at radius 3 is 2.72 bits per heavy atom. The van der Waals surface area contributed by atoms with E-state index in [-0.39, 0.29) is 19.0 Å². The molecule has 0 aliphatic rings. The van der Waals surface area contributed by atoms with Gasteiger partial charge in [0.2, 0.25) is 0 Å². The van der Waals surface area contributed by atoms with Gasteiger partial charge in [0.15, 0.2) is 0 Å². The molecule has 0 fully saturated rings. The van der Waals surface area contributed by atoms with E-state index in [1.165, 1.54) is 4.90 Å². The van der Waals surface area contributed by atoms with E-state index in [4.69, 9.17) is 16.7 Å². The molecule has 18 heavy (non-hydrogen) atoms. The Bertz CT molecular complexity index is 437. The molecule has 2 N–H and O–H groups in total. The first-order valence-corrected chi connectivity index (χ1v) is 5.94. The third-order valence-electron chi connectivity index (χ3n) is 2.34. The van der Waals surface area contributed by atoms with Crippen LogP contribution in [-0.2, 0) is 4.79 Å². The van der Waals surface area contributed by atoms with Crippen LogP contribution in [0.25, 0.3) is 0 Å². The van der Waals surface area contributed by atoms with Crippen LogP contribution in [0.15, 0.2) is 24.3 Å². The molecule has 0 atom stereocenters. The number of amides is 2. The van der Waals surface area contributed by atoms with Gasteiger partial charge in [-0.3, -0.25) is 4.79 Å². The van der Waals surface area contributed by atoms with Crippen molar-refractivity contribution in [3.05, 3.63) is 29.3 Å². The van der Waals surface area contributed by atoms with Crippen molar-refractivity contribution in [2.45, 2.75) is 13.3 Å². The van der Waals surface area contributed by atoms with Gasteiger partial charge in [0.1, 0.15) is 0 Å². The molecular weight excluding hydrogens is 256 g/mol. The Balaban J connectivity index is 2.59. The molecule has 0 saturated heterocycles. The van der Waals surface area contributed by atoms with Gasteiger partial charge in [0.05, 0.1) is 6.42 Å². The summed E-state index contributed by atoms with van der Waals surface area (Å²) >= 11 is 5.80. The number of carboxylic acids is 1. The molecule has 1 aromatic carbocycles. The molecule has 6 heteroatoms. The third-order valence-corrected chi connectivity index (χ3v) is 2.58. The standard InChI is InChI=1S/C12H15ClN2O3/c1-2-15(7-6-11(16)17)12(18)14-10-5-3-4-9(13)8-10/h3-5,8H,2,6-7H2,1H3,(H,14,18)(H,16,17). The molecule has 2 amide bonds. The van der Waals surface area contributed by atoms with Gasteiger partial charge in [-0.05, 0) is 25.1 Å².